The highest BCUT2D eigenvalue weighted by molar-refractivity contribution is 5.95. The lowest BCUT2D eigenvalue weighted by Gasteiger charge is -2.35. The Hall–Kier alpha value is -3.03. The average Bonchev–Trinajstić information content (AvgIpc) is 2.66. The molecule has 1 heterocycles. The van der Waals surface area contributed by atoms with Crippen molar-refractivity contribution in [3.63, 3.8) is 0 Å². The molecule has 0 spiro atoms. The van der Waals surface area contributed by atoms with Gasteiger partial charge in [0.2, 0.25) is 5.91 Å². The first-order valence-electron chi connectivity index (χ1n) is 8.61. The maximum atomic E-state index is 12.8. The smallest absolute Gasteiger partial charge is 0.416 e. The van der Waals surface area contributed by atoms with Crippen LogP contribution < -0.4 is 9.64 Å². The SMILES string of the molecule is CC(=O)N1C[C@H](C(=O)N(C)Cc2ccc(C(F)(F)F)cc2)Oc2ccccc21. The van der Waals surface area contributed by atoms with Gasteiger partial charge in [0.05, 0.1) is 17.8 Å². The second-order valence-electron chi connectivity index (χ2n) is 6.59. The molecule has 8 heteroatoms. The largest absolute Gasteiger partial charge is 0.476 e. The molecule has 1 aliphatic rings. The first-order chi connectivity index (χ1) is 13.2. The summed E-state index contributed by atoms with van der Waals surface area (Å²) in [5.41, 5.74) is 0.419. The van der Waals surface area contributed by atoms with Gasteiger partial charge in [-0.1, -0.05) is 24.3 Å². The molecule has 0 saturated heterocycles. The molecular weight excluding hydrogens is 373 g/mol. The van der Waals surface area contributed by atoms with Crippen molar-refractivity contribution < 1.29 is 27.5 Å². The number of alkyl halides is 3. The number of para-hydroxylation sites is 2. The van der Waals surface area contributed by atoms with Crippen molar-refractivity contribution in [1.29, 1.82) is 0 Å². The first kappa shape index (κ1) is 19.7. The number of hydrogen-bond donors (Lipinski definition) is 0. The number of fused-ring (bicyclic) bond motifs is 1. The molecule has 148 valence electrons. The fourth-order valence-electron chi connectivity index (χ4n) is 3.06. The predicted octanol–water partition coefficient (Wildman–Crippen LogP) is 3.48. The third-order valence-electron chi connectivity index (χ3n) is 4.51. The van der Waals surface area contributed by atoms with E-state index in [1.807, 2.05) is 0 Å². The molecule has 0 aromatic heterocycles. The zero-order chi connectivity index (χ0) is 20.5. The molecule has 0 fully saturated rings. The third-order valence-corrected chi connectivity index (χ3v) is 4.51. The summed E-state index contributed by atoms with van der Waals surface area (Å²) in [6.45, 7) is 1.61. The van der Waals surface area contributed by atoms with E-state index in [4.69, 9.17) is 4.74 Å². The zero-order valence-electron chi connectivity index (χ0n) is 15.4. The Morgan fingerprint density at radius 1 is 1.14 bits per heavy atom. The molecule has 0 radical (unpaired) electrons. The van der Waals surface area contributed by atoms with E-state index in [1.54, 1.807) is 31.3 Å². The summed E-state index contributed by atoms with van der Waals surface area (Å²) in [4.78, 5) is 27.6. The van der Waals surface area contributed by atoms with Crippen molar-refractivity contribution in [2.75, 3.05) is 18.5 Å². The van der Waals surface area contributed by atoms with Crippen LogP contribution in [0.1, 0.15) is 18.1 Å². The van der Waals surface area contributed by atoms with Gasteiger partial charge in [0.1, 0.15) is 5.75 Å². The highest BCUT2D eigenvalue weighted by atomic mass is 19.4. The van der Waals surface area contributed by atoms with Gasteiger partial charge < -0.3 is 14.5 Å². The summed E-state index contributed by atoms with van der Waals surface area (Å²) in [6.07, 6.45) is -5.29. The molecule has 2 aromatic carbocycles. The van der Waals surface area contributed by atoms with Crippen molar-refractivity contribution in [3.8, 4) is 5.75 Å². The number of halogens is 3. The second-order valence-corrected chi connectivity index (χ2v) is 6.59. The van der Waals surface area contributed by atoms with Gasteiger partial charge in [0.25, 0.3) is 5.91 Å². The van der Waals surface area contributed by atoms with Crippen LogP contribution in [0, 0.1) is 0 Å². The van der Waals surface area contributed by atoms with Crippen molar-refractivity contribution in [2.24, 2.45) is 0 Å². The number of rotatable bonds is 3. The Morgan fingerprint density at radius 2 is 1.79 bits per heavy atom. The van der Waals surface area contributed by atoms with Crippen molar-refractivity contribution >= 4 is 17.5 Å². The Labute approximate surface area is 160 Å². The fourth-order valence-corrected chi connectivity index (χ4v) is 3.06. The number of carbonyl (C=O) groups excluding carboxylic acids is 2. The van der Waals surface area contributed by atoms with E-state index in [2.05, 4.69) is 0 Å². The maximum Gasteiger partial charge on any atom is 0.416 e. The van der Waals surface area contributed by atoms with E-state index in [0.29, 0.717) is 17.0 Å². The van der Waals surface area contributed by atoms with E-state index in [9.17, 15) is 22.8 Å². The van der Waals surface area contributed by atoms with Crippen LogP contribution in [-0.2, 0) is 22.3 Å². The monoisotopic (exact) mass is 392 g/mol. The normalized spacial score (nSPS) is 16.2. The van der Waals surface area contributed by atoms with Crippen molar-refractivity contribution in [1.82, 2.24) is 4.90 Å². The molecule has 0 unspecified atom stereocenters. The molecule has 2 aromatic rings. The number of likely N-dealkylation sites (N-methyl/N-ethyl adjacent to an activating group) is 1. The molecule has 0 N–H and O–H groups in total. The van der Waals surface area contributed by atoms with E-state index in [1.165, 1.54) is 28.9 Å². The Balaban J connectivity index is 1.72. The summed E-state index contributed by atoms with van der Waals surface area (Å²) in [5.74, 6) is -0.134. The minimum atomic E-state index is -4.40. The Kier molecular flexibility index (Phi) is 5.31. The van der Waals surface area contributed by atoms with Crippen molar-refractivity contribution in [2.45, 2.75) is 25.7 Å². The number of nitrogens with zero attached hydrogens (tertiary/aromatic N) is 2. The molecule has 28 heavy (non-hydrogen) atoms. The topological polar surface area (TPSA) is 49.9 Å². The third kappa shape index (κ3) is 4.11. The molecule has 0 saturated carbocycles. The number of ether oxygens (including phenoxy) is 1. The minimum Gasteiger partial charge on any atom is -0.476 e. The van der Waals surface area contributed by atoms with Gasteiger partial charge in [-0.05, 0) is 29.8 Å². The lowest BCUT2D eigenvalue weighted by molar-refractivity contribution is -0.139. The second kappa shape index (κ2) is 7.53. The predicted molar refractivity (Wildman–Crippen MR) is 96.8 cm³/mol. The number of hydrogen-bond acceptors (Lipinski definition) is 3. The van der Waals surface area contributed by atoms with Crippen LogP contribution in [0.2, 0.25) is 0 Å². The van der Waals surface area contributed by atoms with Gasteiger partial charge in [0, 0.05) is 20.5 Å². The summed E-state index contributed by atoms with van der Waals surface area (Å²) >= 11 is 0. The Morgan fingerprint density at radius 3 is 2.39 bits per heavy atom. The lowest BCUT2D eigenvalue weighted by atomic mass is 10.1. The lowest BCUT2D eigenvalue weighted by Crippen LogP contribution is -2.50. The number of carbonyl (C=O) groups is 2. The van der Waals surface area contributed by atoms with Gasteiger partial charge in [-0.2, -0.15) is 13.2 Å². The summed E-state index contributed by atoms with van der Waals surface area (Å²) in [7, 11) is 1.54. The molecule has 0 bridgehead atoms. The maximum absolute atomic E-state index is 12.8. The highest BCUT2D eigenvalue weighted by Crippen LogP contribution is 2.33. The standard InChI is InChI=1S/C20H19F3N2O3/c1-13(26)25-12-18(28-17-6-4-3-5-16(17)25)19(27)24(2)11-14-7-9-15(10-8-14)20(21,22)23/h3-10,18H,11-12H2,1-2H3/t18-/m1/s1. The van der Waals surface area contributed by atoms with Crippen LogP contribution in [0.25, 0.3) is 0 Å². The van der Waals surface area contributed by atoms with Crippen LogP contribution in [0.15, 0.2) is 48.5 Å². The number of amides is 2. The van der Waals surface area contributed by atoms with E-state index in [-0.39, 0.29) is 24.9 Å². The van der Waals surface area contributed by atoms with Gasteiger partial charge >= 0.3 is 6.18 Å². The summed E-state index contributed by atoms with van der Waals surface area (Å²) < 4.78 is 43.8. The molecule has 1 aliphatic heterocycles. The molecular formula is C20H19F3N2O3. The fraction of sp³-hybridized carbons (Fsp3) is 0.300. The van der Waals surface area contributed by atoms with Crippen LogP contribution in [0.4, 0.5) is 18.9 Å². The van der Waals surface area contributed by atoms with Gasteiger partial charge in [-0.15, -0.1) is 0 Å². The molecule has 5 nitrogen and oxygen atoms in total. The average molecular weight is 392 g/mol. The van der Waals surface area contributed by atoms with Crippen LogP contribution in [0.3, 0.4) is 0 Å². The van der Waals surface area contributed by atoms with E-state index >= 15 is 0 Å². The van der Waals surface area contributed by atoms with Crippen LogP contribution in [-0.4, -0.2) is 36.4 Å². The van der Waals surface area contributed by atoms with Crippen molar-refractivity contribution in [3.05, 3.63) is 59.7 Å². The van der Waals surface area contributed by atoms with Gasteiger partial charge in [-0.3, -0.25) is 9.59 Å². The molecule has 0 aliphatic carbocycles. The van der Waals surface area contributed by atoms with E-state index < -0.39 is 17.8 Å². The van der Waals surface area contributed by atoms with Gasteiger partial charge in [0.15, 0.2) is 6.10 Å². The number of benzene rings is 2. The zero-order valence-corrected chi connectivity index (χ0v) is 15.4. The van der Waals surface area contributed by atoms with Crippen LogP contribution in [0.5, 0.6) is 5.75 Å². The summed E-state index contributed by atoms with van der Waals surface area (Å²) in [5, 5.41) is 0. The number of anilines is 1. The quantitative estimate of drug-likeness (QED) is 0.804. The van der Waals surface area contributed by atoms with Crippen LogP contribution >= 0.6 is 0 Å². The summed E-state index contributed by atoms with van der Waals surface area (Å²) in [6, 6.07) is 11.6. The van der Waals surface area contributed by atoms with E-state index in [0.717, 1.165) is 12.1 Å². The Bertz CT molecular complexity index is 881. The minimum absolute atomic E-state index is 0.0720. The first-order valence-corrected chi connectivity index (χ1v) is 8.61. The molecule has 1 atom stereocenters. The highest BCUT2D eigenvalue weighted by Gasteiger charge is 2.34. The molecule has 2 amide bonds. The molecule has 3 rings (SSSR count). The van der Waals surface area contributed by atoms with Gasteiger partial charge in [-0.25, -0.2) is 0 Å².